The van der Waals surface area contributed by atoms with Gasteiger partial charge in [0.1, 0.15) is 0 Å². The van der Waals surface area contributed by atoms with Gasteiger partial charge in [-0.25, -0.2) is 0 Å². The van der Waals surface area contributed by atoms with Crippen LogP contribution in [0, 0.1) is 25.4 Å². The van der Waals surface area contributed by atoms with Crippen LogP contribution in [0.25, 0.3) is 0 Å². The Kier molecular flexibility index (Phi) is 4.35. The van der Waals surface area contributed by atoms with E-state index >= 15 is 0 Å². The fourth-order valence-corrected chi connectivity index (χ4v) is 0.500. The Morgan fingerprint density at radius 1 is 1.31 bits per heavy atom. The van der Waals surface area contributed by atoms with Gasteiger partial charge >= 0.3 is 63.0 Å². The van der Waals surface area contributed by atoms with Crippen LogP contribution in [-0.4, -0.2) is 15.0 Å². The summed E-state index contributed by atoms with van der Waals surface area (Å²) in [6.07, 6.45) is 0. The van der Waals surface area contributed by atoms with Gasteiger partial charge in [-0.2, -0.15) is 4.63 Å². The van der Waals surface area contributed by atoms with Crippen LogP contribution in [0.5, 0.6) is 0 Å². The second kappa shape index (κ2) is 4.57. The summed E-state index contributed by atoms with van der Waals surface area (Å²) in [4.78, 5) is 16.9. The molecule has 0 aliphatic rings. The third-order valence-electron chi connectivity index (χ3n) is 0.920. The molecule has 13 heavy (non-hydrogen) atoms. The Balaban J connectivity index is 0.00000144. The van der Waals surface area contributed by atoms with E-state index in [-0.39, 0.29) is 51.4 Å². The summed E-state index contributed by atoms with van der Waals surface area (Å²) in [6.45, 7) is 0. The summed E-state index contributed by atoms with van der Waals surface area (Å²) in [5.74, 6) is -2.55. The van der Waals surface area contributed by atoms with Crippen molar-refractivity contribution in [3.8, 4) is 0 Å². The molecule has 0 N–H and O–H groups in total. The maximum Gasteiger partial charge on any atom is 1.00 e. The molecular weight excluding hydrogens is 215 g/mol. The fourth-order valence-electron chi connectivity index (χ4n) is 0.500. The Hall–Kier alpha value is -0.624. The number of rotatable bonds is 2. The maximum atomic E-state index is 10.3. The van der Waals surface area contributed by atoms with Crippen molar-refractivity contribution in [3.05, 3.63) is 25.4 Å². The molecule has 0 atom stereocenters. The minimum Gasteiger partial charge on any atom is -0.357 e. The van der Waals surface area contributed by atoms with Gasteiger partial charge in [0, 0.05) is 4.92 Å². The molecule has 1 aromatic rings. The van der Waals surface area contributed by atoms with E-state index in [4.69, 9.17) is 0 Å². The molecule has 1 rings (SSSR count). The second-order valence-electron chi connectivity index (χ2n) is 1.59. The van der Waals surface area contributed by atoms with E-state index in [9.17, 15) is 25.4 Å². The molecule has 0 fully saturated rings. The SMILES string of the molecule is O=[N+]([O-])c1no[n+]([O-])c1[N+](=O)[O-].[K+]. The van der Waals surface area contributed by atoms with Crippen molar-refractivity contribution in [3.63, 3.8) is 0 Å². The Morgan fingerprint density at radius 2 is 1.85 bits per heavy atom. The van der Waals surface area contributed by atoms with Gasteiger partial charge in [0.25, 0.3) is 0 Å². The molecule has 0 spiro atoms. The minimum atomic E-state index is -1.33. The number of nitro groups is 2. The molecule has 1 heterocycles. The first-order chi connectivity index (χ1) is 5.54. The number of nitrogens with zero attached hydrogens (tertiary/aromatic N) is 4. The van der Waals surface area contributed by atoms with E-state index in [2.05, 4.69) is 9.79 Å². The van der Waals surface area contributed by atoms with Crippen molar-refractivity contribution < 1.29 is 70.8 Å². The summed E-state index contributed by atoms with van der Waals surface area (Å²) >= 11 is 0. The summed E-state index contributed by atoms with van der Waals surface area (Å²) in [7, 11) is 0. The van der Waals surface area contributed by atoms with Crippen molar-refractivity contribution in [1.29, 1.82) is 0 Å². The average molecular weight is 215 g/mol. The summed E-state index contributed by atoms with van der Waals surface area (Å²) < 4.78 is 3.65. The van der Waals surface area contributed by atoms with Crippen LogP contribution in [0.3, 0.4) is 0 Å². The van der Waals surface area contributed by atoms with Gasteiger partial charge in [0.15, 0.2) is 5.16 Å². The van der Waals surface area contributed by atoms with Crippen molar-refractivity contribution in [2.45, 2.75) is 0 Å². The van der Waals surface area contributed by atoms with Crippen LogP contribution in [0.15, 0.2) is 4.63 Å². The first kappa shape index (κ1) is 12.4. The predicted molar refractivity (Wildman–Crippen MR) is 28.8 cm³/mol. The second-order valence-corrected chi connectivity index (χ2v) is 1.59. The maximum absolute atomic E-state index is 10.3. The van der Waals surface area contributed by atoms with Crippen LogP contribution in [0.4, 0.5) is 11.6 Å². The molecule has 0 saturated heterocycles. The zero-order valence-electron chi connectivity index (χ0n) is 6.24. The Bertz CT molecular complexity index is 346. The molecule has 0 saturated carbocycles. The summed E-state index contributed by atoms with van der Waals surface area (Å²) in [5, 5.41) is 32.9. The van der Waals surface area contributed by atoms with Crippen LogP contribution < -0.4 is 56.3 Å². The van der Waals surface area contributed by atoms with E-state index in [1.807, 2.05) is 0 Å². The van der Waals surface area contributed by atoms with Gasteiger partial charge in [-0.1, -0.05) is 0 Å². The standard InChI is InChI=1S/C2N4O6.K/c7-4(8)1-2(5(9)10)6(11)12-3-1;/q;+1. The molecule has 0 unspecified atom stereocenters. The van der Waals surface area contributed by atoms with Gasteiger partial charge in [-0.15, -0.1) is 0 Å². The smallest absolute Gasteiger partial charge is 0.357 e. The van der Waals surface area contributed by atoms with Crippen LogP contribution in [-0.2, 0) is 0 Å². The third-order valence-corrected chi connectivity index (χ3v) is 0.920. The Labute approximate surface area is 112 Å². The average Bonchev–Trinajstić information content (AvgIpc) is 2.30. The molecule has 11 heteroatoms. The molecule has 1 aromatic heterocycles. The first-order valence-electron chi connectivity index (χ1n) is 2.42. The van der Waals surface area contributed by atoms with Gasteiger partial charge in [0.2, 0.25) is 0 Å². The quantitative estimate of drug-likeness (QED) is 0.213. The van der Waals surface area contributed by atoms with Gasteiger partial charge in [0.05, 0.1) is 4.90 Å². The number of hydrogen-bond donors (Lipinski definition) is 0. The largest absolute Gasteiger partial charge is 1.00 e. The summed E-state index contributed by atoms with van der Waals surface area (Å²) in [6, 6.07) is 0. The van der Waals surface area contributed by atoms with Crippen LogP contribution in [0.2, 0.25) is 0 Å². The first-order valence-corrected chi connectivity index (χ1v) is 2.42. The molecule has 0 radical (unpaired) electrons. The zero-order valence-corrected chi connectivity index (χ0v) is 9.36. The van der Waals surface area contributed by atoms with E-state index in [0.29, 0.717) is 0 Å². The normalized spacial score (nSPS) is 8.92. The number of hydrogen-bond acceptors (Lipinski definition) is 7. The van der Waals surface area contributed by atoms with Gasteiger partial charge in [-0.05, 0) is 4.92 Å². The van der Waals surface area contributed by atoms with Crippen molar-refractivity contribution in [1.82, 2.24) is 5.16 Å². The molecular formula is C2KN4O6+. The molecule has 0 aliphatic carbocycles. The van der Waals surface area contributed by atoms with Crippen molar-refractivity contribution >= 4 is 11.6 Å². The van der Waals surface area contributed by atoms with E-state index in [1.165, 1.54) is 0 Å². The van der Waals surface area contributed by atoms with Crippen LogP contribution >= 0.6 is 0 Å². The molecule has 0 aliphatic heterocycles. The zero-order chi connectivity index (χ0) is 9.30. The van der Waals surface area contributed by atoms with Crippen LogP contribution in [0.1, 0.15) is 0 Å². The number of aromatic nitrogens is 2. The van der Waals surface area contributed by atoms with Gasteiger partial charge in [-0.3, -0.25) is 0 Å². The van der Waals surface area contributed by atoms with E-state index < -0.39 is 26.4 Å². The van der Waals surface area contributed by atoms with Crippen molar-refractivity contribution in [2.24, 2.45) is 0 Å². The van der Waals surface area contributed by atoms with Crippen molar-refractivity contribution in [2.75, 3.05) is 0 Å². The van der Waals surface area contributed by atoms with Gasteiger partial charge < -0.3 is 25.4 Å². The van der Waals surface area contributed by atoms with E-state index in [0.717, 1.165) is 0 Å². The molecule has 0 bridgehead atoms. The third kappa shape index (κ3) is 2.41. The molecule has 0 aromatic carbocycles. The predicted octanol–water partition coefficient (Wildman–Crippen LogP) is -3.87. The topological polar surface area (TPSA) is 139 Å². The summed E-state index contributed by atoms with van der Waals surface area (Å²) in [5.41, 5.74) is 0. The fraction of sp³-hybridized carbons (Fsp3) is 0. The molecule has 0 amide bonds. The monoisotopic (exact) mass is 215 g/mol. The minimum absolute atomic E-state index is 0. The molecule has 64 valence electrons. The Morgan fingerprint density at radius 3 is 2.15 bits per heavy atom. The van der Waals surface area contributed by atoms with E-state index in [1.54, 1.807) is 0 Å². The molecule has 10 nitrogen and oxygen atoms in total.